The van der Waals surface area contributed by atoms with E-state index in [1.807, 2.05) is 13.8 Å². The van der Waals surface area contributed by atoms with Crippen LogP contribution in [0.2, 0.25) is 5.15 Å². The van der Waals surface area contributed by atoms with Crippen molar-refractivity contribution in [3.8, 4) is 0 Å². The number of rotatable bonds is 3. The summed E-state index contributed by atoms with van der Waals surface area (Å²) in [5.41, 5.74) is 0.691. The minimum atomic E-state index is -0.866. The van der Waals surface area contributed by atoms with Gasteiger partial charge in [0, 0.05) is 12.6 Å². The van der Waals surface area contributed by atoms with Crippen molar-refractivity contribution in [3.63, 3.8) is 0 Å². The Labute approximate surface area is 129 Å². The summed E-state index contributed by atoms with van der Waals surface area (Å²) in [7, 11) is 1.76. The van der Waals surface area contributed by atoms with E-state index in [0.717, 1.165) is 11.3 Å². The molecule has 7 heteroatoms. The molecule has 2 unspecified atom stereocenters. The summed E-state index contributed by atoms with van der Waals surface area (Å²) < 4.78 is 1.58. The molecule has 0 bridgehead atoms. The number of hydrogen-bond donors (Lipinski definition) is 1. The molecule has 1 fully saturated rings. The van der Waals surface area contributed by atoms with Gasteiger partial charge in [-0.1, -0.05) is 18.5 Å². The molecule has 1 aromatic heterocycles. The monoisotopic (exact) mass is 312 g/mol. The van der Waals surface area contributed by atoms with Crippen molar-refractivity contribution in [2.75, 3.05) is 0 Å². The SMILES string of the molecule is CCC1(C)C(=O)NC(C)C(=O)N1Cc1c(C)nn(C)c1Cl. The van der Waals surface area contributed by atoms with Crippen LogP contribution in [0.3, 0.4) is 0 Å². The first kappa shape index (κ1) is 15.8. The van der Waals surface area contributed by atoms with Crippen molar-refractivity contribution < 1.29 is 9.59 Å². The molecule has 21 heavy (non-hydrogen) atoms. The lowest BCUT2D eigenvalue weighted by Crippen LogP contribution is -2.68. The Balaban J connectivity index is 2.42. The van der Waals surface area contributed by atoms with Crippen LogP contribution in [0, 0.1) is 6.92 Å². The molecule has 1 N–H and O–H groups in total. The molecular formula is C14H21ClN4O2. The Morgan fingerprint density at radius 3 is 2.52 bits per heavy atom. The Hall–Kier alpha value is -1.56. The van der Waals surface area contributed by atoms with Crippen LogP contribution in [0.25, 0.3) is 0 Å². The number of piperazine rings is 1. The molecule has 1 aliphatic heterocycles. The molecule has 2 rings (SSSR count). The molecule has 0 radical (unpaired) electrons. The van der Waals surface area contributed by atoms with E-state index in [1.54, 1.807) is 30.5 Å². The quantitative estimate of drug-likeness (QED) is 0.917. The fourth-order valence-electron chi connectivity index (χ4n) is 2.63. The third-order valence-electron chi connectivity index (χ3n) is 4.34. The maximum Gasteiger partial charge on any atom is 0.246 e. The molecule has 0 aromatic carbocycles. The van der Waals surface area contributed by atoms with Crippen molar-refractivity contribution in [1.29, 1.82) is 0 Å². The Kier molecular flexibility index (Phi) is 4.02. The summed E-state index contributed by atoms with van der Waals surface area (Å²) >= 11 is 6.25. The van der Waals surface area contributed by atoms with Crippen LogP contribution in [0.4, 0.5) is 0 Å². The van der Waals surface area contributed by atoms with Crippen molar-refractivity contribution >= 4 is 23.4 Å². The number of nitrogens with one attached hydrogen (secondary N) is 1. The summed E-state index contributed by atoms with van der Waals surface area (Å²) in [6.07, 6.45) is 0.536. The third kappa shape index (κ3) is 2.41. The maximum absolute atomic E-state index is 12.5. The van der Waals surface area contributed by atoms with E-state index in [1.165, 1.54) is 0 Å². The van der Waals surface area contributed by atoms with Gasteiger partial charge in [0.05, 0.1) is 12.2 Å². The highest BCUT2D eigenvalue weighted by Crippen LogP contribution is 2.30. The molecule has 1 aromatic rings. The van der Waals surface area contributed by atoms with Gasteiger partial charge in [-0.2, -0.15) is 5.10 Å². The van der Waals surface area contributed by atoms with Gasteiger partial charge in [0.1, 0.15) is 16.7 Å². The van der Waals surface area contributed by atoms with E-state index in [0.29, 0.717) is 18.1 Å². The van der Waals surface area contributed by atoms with E-state index in [4.69, 9.17) is 11.6 Å². The smallest absolute Gasteiger partial charge is 0.246 e. The second-order valence-corrected chi connectivity index (χ2v) is 6.08. The standard InChI is InChI=1S/C14H21ClN4O2/c1-6-14(4)13(21)16-9(3)12(20)19(14)7-10-8(2)17-18(5)11(10)15/h9H,6-7H2,1-5H3,(H,16,21). The van der Waals surface area contributed by atoms with Crippen LogP contribution >= 0.6 is 11.6 Å². The molecule has 2 atom stereocenters. The normalized spacial score (nSPS) is 26.2. The van der Waals surface area contributed by atoms with Crippen LogP contribution in [-0.4, -0.2) is 38.1 Å². The average Bonchev–Trinajstić information content (AvgIpc) is 2.67. The molecule has 116 valence electrons. The zero-order valence-electron chi connectivity index (χ0n) is 13.0. The zero-order chi connectivity index (χ0) is 15.9. The van der Waals surface area contributed by atoms with Crippen LogP contribution in [0.1, 0.15) is 38.4 Å². The Morgan fingerprint density at radius 2 is 2.05 bits per heavy atom. The molecule has 2 amide bonds. The minimum Gasteiger partial charge on any atom is -0.343 e. The highest BCUT2D eigenvalue weighted by molar-refractivity contribution is 6.30. The van der Waals surface area contributed by atoms with E-state index in [-0.39, 0.29) is 11.8 Å². The van der Waals surface area contributed by atoms with Gasteiger partial charge in [-0.05, 0) is 27.2 Å². The summed E-state index contributed by atoms with van der Waals surface area (Å²) in [6, 6.07) is -0.520. The molecule has 0 spiro atoms. The van der Waals surface area contributed by atoms with Gasteiger partial charge < -0.3 is 10.2 Å². The summed E-state index contributed by atoms with van der Waals surface area (Å²) in [4.78, 5) is 26.5. The molecule has 1 saturated heterocycles. The minimum absolute atomic E-state index is 0.0988. The molecule has 0 aliphatic carbocycles. The topological polar surface area (TPSA) is 67.2 Å². The number of halogens is 1. The van der Waals surface area contributed by atoms with E-state index < -0.39 is 11.6 Å². The number of nitrogens with zero attached hydrogens (tertiary/aromatic N) is 3. The first-order chi connectivity index (χ1) is 9.72. The number of aryl methyl sites for hydroxylation is 2. The molecule has 1 aliphatic rings. The van der Waals surface area contributed by atoms with Gasteiger partial charge in [-0.3, -0.25) is 14.3 Å². The van der Waals surface area contributed by atoms with Crippen molar-refractivity contribution in [3.05, 3.63) is 16.4 Å². The van der Waals surface area contributed by atoms with Gasteiger partial charge in [0.2, 0.25) is 11.8 Å². The van der Waals surface area contributed by atoms with Crippen LogP contribution in [-0.2, 0) is 23.2 Å². The highest BCUT2D eigenvalue weighted by atomic mass is 35.5. The van der Waals surface area contributed by atoms with E-state index >= 15 is 0 Å². The van der Waals surface area contributed by atoms with Gasteiger partial charge in [-0.25, -0.2) is 0 Å². The molecular weight excluding hydrogens is 292 g/mol. The second-order valence-electron chi connectivity index (χ2n) is 5.73. The van der Waals surface area contributed by atoms with Gasteiger partial charge >= 0.3 is 0 Å². The van der Waals surface area contributed by atoms with Crippen molar-refractivity contribution in [2.24, 2.45) is 7.05 Å². The number of aromatic nitrogens is 2. The number of hydrogen-bond acceptors (Lipinski definition) is 3. The Morgan fingerprint density at radius 1 is 1.43 bits per heavy atom. The van der Waals surface area contributed by atoms with E-state index in [2.05, 4.69) is 10.4 Å². The lowest BCUT2D eigenvalue weighted by molar-refractivity contribution is -0.157. The zero-order valence-corrected chi connectivity index (χ0v) is 13.8. The number of carbonyl (C=O) groups excluding carboxylic acids is 2. The molecule has 6 nitrogen and oxygen atoms in total. The van der Waals surface area contributed by atoms with Crippen LogP contribution in [0.15, 0.2) is 0 Å². The van der Waals surface area contributed by atoms with Crippen molar-refractivity contribution in [2.45, 2.75) is 52.2 Å². The van der Waals surface area contributed by atoms with Crippen LogP contribution < -0.4 is 5.32 Å². The summed E-state index contributed by atoms with van der Waals surface area (Å²) in [5, 5.41) is 7.49. The largest absolute Gasteiger partial charge is 0.343 e. The van der Waals surface area contributed by atoms with Gasteiger partial charge in [-0.15, -0.1) is 0 Å². The summed E-state index contributed by atoms with van der Waals surface area (Å²) in [5.74, 6) is -0.229. The molecule has 0 saturated carbocycles. The maximum atomic E-state index is 12.5. The van der Waals surface area contributed by atoms with Gasteiger partial charge in [0.25, 0.3) is 0 Å². The number of carbonyl (C=O) groups is 2. The van der Waals surface area contributed by atoms with E-state index in [9.17, 15) is 9.59 Å². The third-order valence-corrected chi connectivity index (χ3v) is 4.82. The fourth-order valence-corrected chi connectivity index (χ4v) is 2.86. The molecule has 2 heterocycles. The van der Waals surface area contributed by atoms with Gasteiger partial charge in [0.15, 0.2) is 0 Å². The first-order valence-corrected chi connectivity index (χ1v) is 7.40. The second kappa shape index (κ2) is 5.33. The average molecular weight is 313 g/mol. The summed E-state index contributed by atoms with van der Waals surface area (Å²) in [6.45, 7) is 7.52. The predicted molar refractivity (Wildman–Crippen MR) is 79.8 cm³/mol. The fraction of sp³-hybridized carbons (Fsp3) is 0.643. The lowest BCUT2D eigenvalue weighted by atomic mass is 9.90. The lowest BCUT2D eigenvalue weighted by Gasteiger charge is -2.45. The first-order valence-electron chi connectivity index (χ1n) is 7.02. The Bertz CT molecular complexity index is 598. The highest BCUT2D eigenvalue weighted by Gasteiger charge is 2.47. The van der Waals surface area contributed by atoms with Crippen LogP contribution in [0.5, 0.6) is 0 Å². The predicted octanol–water partition coefficient (Wildman–Crippen LogP) is 1.40. The number of amides is 2. The van der Waals surface area contributed by atoms with Crippen molar-refractivity contribution in [1.82, 2.24) is 20.0 Å².